The molecule has 0 saturated carbocycles. The lowest BCUT2D eigenvalue weighted by Gasteiger charge is -2.18. The molecule has 0 aliphatic carbocycles. The molecule has 2 rings (SSSR count). The fraction of sp³-hybridized carbons (Fsp3) is 0.529. The van der Waals surface area contributed by atoms with Crippen LogP contribution in [0.2, 0.25) is 0 Å². The summed E-state index contributed by atoms with van der Waals surface area (Å²) in [6, 6.07) is 7.61. The number of carbonyl (C=O) groups excluding carboxylic acids is 2. The van der Waals surface area contributed by atoms with Crippen LogP contribution in [0.25, 0.3) is 0 Å². The lowest BCUT2D eigenvalue weighted by molar-refractivity contribution is -0.129. The number of carbonyl (C=O) groups is 2. The zero-order valence-corrected chi connectivity index (χ0v) is 13.5. The SMILES string of the molecule is CCOc1cccc([C@@H](C)NC(=O)[C@H]2CC(=O)N(CC)C2)c1. The van der Waals surface area contributed by atoms with E-state index in [4.69, 9.17) is 4.74 Å². The first-order valence-electron chi connectivity index (χ1n) is 7.86. The lowest BCUT2D eigenvalue weighted by Crippen LogP contribution is -2.34. The molecule has 5 nitrogen and oxygen atoms in total. The Labute approximate surface area is 131 Å². The molecule has 120 valence electrons. The number of hydrogen-bond donors (Lipinski definition) is 1. The van der Waals surface area contributed by atoms with E-state index in [1.165, 1.54) is 0 Å². The highest BCUT2D eigenvalue weighted by molar-refractivity contribution is 5.89. The Morgan fingerprint density at radius 1 is 1.45 bits per heavy atom. The number of hydrogen-bond acceptors (Lipinski definition) is 3. The van der Waals surface area contributed by atoms with Crippen LogP contribution in [0, 0.1) is 5.92 Å². The molecule has 22 heavy (non-hydrogen) atoms. The number of likely N-dealkylation sites (tertiary alicyclic amines) is 1. The van der Waals surface area contributed by atoms with Gasteiger partial charge in [0.15, 0.2) is 0 Å². The van der Waals surface area contributed by atoms with Gasteiger partial charge in [0.25, 0.3) is 0 Å². The van der Waals surface area contributed by atoms with Crippen molar-refractivity contribution >= 4 is 11.8 Å². The van der Waals surface area contributed by atoms with Gasteiger partial charge in [-0.1, -0.05) is 12.1 Å². The second kappa shape index (κ2) is 7.29. The Hall–Kier alpha value is -2.04. The molecule has 1 heterocycles. The van der Waals surface area contributed by atoms with Crippen molar-refractivity contribution in [2.75, 3.05) is 19.7 Å². The van der Waals surface area contributed by atoms with E-state index in [2.05, 4.69) is 5.32 Å². The number of nitrogens with zero attached hydrogens (tertiary/aromatic N) is 1. The molecule has 0 radical (unpaired) electrons. The first kappa shape index (κ1) is 16.3. The quantitative estimate of drug-likeness (QED) is 0.876. The molecule has 0 aromatic heterocycles. The van der Waals surface area contributed by atoms with Crippen molar-refractivity contribution in [2.24, 2.45) is 5.92 Å². The molecule has 1 aliphatic heterocycles. The van der Waals surface area contributed by atoms with Crippen LogP contribution in [-0.4, -0.2) is 36.4 Å². The molecule has 2 atom stereocenters. The van der Waals surface area contributed by atoms with Crippen molar-refractivity contribution < 1.29 is 14.3 Å². The van der Waals surface area contributed by atoms with Crippen molar-refractivity contribution in [3.63, 3.8) is 0 Å². The molecule has 1 aromatic carbocycles. The van der Waals surface area contributed by atoms with Gasteiger partial charge in [0.1, 0.15) is 5.75 Å². The van der Waals surface area contributed by atoms with Gasteiger partial charge in [0, 0.05) is 19.5 Å². The lowest BCUT2D eigenvalue weighted by atomic mass is 10.0. The summed E-state index contributed by atoms with van der Waals surface area (Å²) in [6.07, 6.45) is 0.311. The number of rotatable bonds is 6. The fourth-order valence-corrected chi connectivity index (χ4v) is 2.71. The van der Waals surface area contributed by atoms with Crippen LogP contribution in [-0.2, 0) is 9.59 Å². The summed E-state index contributed by atoms with van der Waals surface area (Å²) in [5.74, 6) is 0.562. The van der Waals surface area contributed by atoms with Crippen molar-refractivity contribution in [3.8, 4) is 5.75 Å². The van der Waals surface area contributed by atoms with E-state index < -0.39 is 0 Å². The van der Waals surface area contributed by atoms with Crippen molar-refractivity contribution in [2.45, 2.75) is 33.2 Å². The number of ether oxygens (including phenoxy) is 1. The number of nitrogens with one attached hydrogen (secondary N) is 1. The molecular weight excluding hydrogens is 280 g/mol. The highest BCUT2D eigenvalue weighted by Gasteiger charge is 2.33. The molecule has 2 amide bonds. The van der Waals surface area contributed by atoms with E-state index in [0.717, 1.165) is 11.3 Å². The smallest absolute Gasteiger partial charge is 0.225 e. The van der Waals surface area contributed by atoms with Gasteiger partial charge >= 0.3 is 0 Å². The highest BCUT2D eigenvalue weighted by Crippen LogP contribution is 2.22. The normalized spacial score (nSPS) is 19.1. The predicted octanol–water partition coefficient (Wildman–Crippen LogP) is 2.13. The van der Waals surface area contributed by atoms with Gasteiger partial charge in [-0.2, -0.15) is 0 Å². The molecule has 1 N–H and O–H groups in total. The summed E-state index contributed by atoms with van der Waals surface area (Å²) in [5, 5.41) is 3.00. The van der Waals surface area contributed by atoms with Crippen LogP contribution >= 0.6 is 0 Å². The Kier molecular flexibility index (Phi) is 5.41. The van der Waals surface area contributed by atoms with Crippen LogP contribution in [0.4, 0.5) is 0 Å². The zero-order valence-electron chi connectivity index (χ0n) is 13.5. The van der Waals surface area contributed by atoms with Gasteiger partial charge < -0.3 is 15.0 Å². The summed E-state index contributed by atoms with van der Waals surface area (Å²) >= 11 is 0. The topological polar surface area (TPSA) is 58.6 Å². The molecule has 0 spiro atoms. The van der Waals surface area contributed by atoms with Crippen molar-refractivity contribution in [1.82, 2.24) is 10.2 Å². The van der Waals surface area contributed by atoms with E-state index in [1.807, 2.05) is 45.0 Å². The van der Waals surface area contributed by atoms with Gasteiger partial charge in [-0.25, -0.2) is 0 Å². The van der Waals surface area contributed by atoms with Crippen molar-refractivity contribution in [3.05, 3.63) is 29.8 Å². The molecule has 0 bridgehead atoms. The number of benzene rings is 1. The summed E-state index contributed by atoms with van der Waals surface area (Å²) in [4.78, 5) is 25.8. The van der Waals surface area contributed by atoms with Gasteiger partial charge in [-0.15, -0.1) is 0 Å². The standard InChI is InChI=1S/C17H24N2O3/c1-4-19-11-14(10-16(19)20)17(21)18-12(3)13-7-6-8-15(9-13)22-5-2/h6-9,12,14H,4-5,10-11H2,1-3H3,(H,18,21)/t12-,14+/m1/s1. The van der Waals surface area contributed by atoms with Crippen LogP contribution in [0.5, 0.6) is 5.75 Å². The molecule has 1 fully saturated rings. The van der Waals surface area contributed by atoms with E-state index in [0.29, 0.717) is 26.1 Å². The maximum absolute atomic E-state index is 12.3. The largest absolute Gasteiger partial charge is 0.494 e. The minimum absolute atomic E-state index is 0.0568. The maximum Gasteiger partial charge on any atom is 0.225 e. The van der Waals surface area contributed by atoms with Crippen LogP contribution in [0.3, 0.4) is 0 Å². The first-order chi connectivity index (χ1) is 10.5. The van der Waals surface area contributed by atoms with Crippen LogP contribution < -0.4 is 10.1 Å². The Morgan fingerprint density at radius 3 is 2.86 bits per heavy atom. The summed E-state index contributed by atoms with van der Waals surface area (Å²) in [5.41, 5.74) is 0.996. The first-order valence-corrected chi connectivity index (χ1v) is 7.86. The third kappa shape index (κ3) is 3.78. The minimum Gasteiger partial charge on any atom is -0.494 e. The van der Waals surface area contributed by atoms with Gasteiger partial charge in [-0.05, 0) is 38.5 Å². The fourth-order valence-electron chi connectivity index (χ4n) is 2.71. The van der Waals surface area contributed by atoms with Gasteiger partial charge in [-0.3, -0.25) is 9.59 Å². The average molecular weight is 304 g/mol. The van der Waals surface area contributed by atoms with E-state index in [-0.39, 0.29) is 23.8 Å². The molecule has 1 saturated heterocycles. The monoisotopic (exact) mass is 304 g/mol. The average Bonchev–Trinajstić information content (AvgIpc) is 2.89. The third-order valence-corrected chi connectivity index (χ3v) is 3.99. The Bertz CT molecular complexity index is 544. The van der Waals surface area contributed by atoms with E-state index in [9.17, 15) is 9.59 Å². The minimum atomic E-state index is -0.245. The predicted molar refractivity (Wildman–Crippen MR) is 84.5 cm³/mol. The van der Waals surface area contributed by atoms with Crippen LogP contribution in [0.15, 0.2) is 24.3 Å². The van der Waals surface area contributed by atoms with Gasteiger partial charge in [0.05, 0.1) is 18.6 Å². The van der Waals surface area contributed by atoms with E-state index in [1.54, 1.807) is 4.90 Å². The molecule has 5 heteroatoms. The second-order valence-corrected chi connectivity index (χ2v) is 5.57. The highest BCUT2D eigenvalue weighted by atomic mass is 16.5. The van der Waals surface area contributed by atoms with Crippen LogP contribution in [0.1, 0.15) is 38.8 Å². The van der Waals surface area contributed by atoms with Crippen molar-refractivity contribution in [1.29, 1.82) is 0 Å². The summed E-state index contributed by atoms with van der Waals surface area (Å²) < 4.78 is 5.48. The second-order valence-electron chi connectivity index (χ2n) is 5.57. The molecule has 0 unspecified atom stereocenters. The summed E-state index contributed by atoms with van der Waals surface area (Å²) in [7, 11) is 0. The molecule has 1 aliphatic rings. The van der Waals surface area contributed by atoms with E-state index >= 15 is 0 Å². The van der Waals surface area contributed by atoms with Gasteiger partial charge in [0.2, 0.25) is 11.8 Å². The zero-order chi connectivity index (χ0) is 16.1. The Morgan fingerprint density at radius 2 is 2.23 bits per heavy atom. The maximum atomic E-state index is 12.3. The number of amides is 2. The molecular formula is C17H24N2O3. The molecule has 1 aromatic rings. The Balaban J connectivity index is 1.97. The third-order valence-electron chi connectivity index (χ3n) is 3.99. The summed E-state index contributed by atoms with van der Waals surface area (Å²) in [6.45, 7) is 7.61.